The third kappa shape index (κ3) is 4.67. The van der Waals surface area contributed by atoms with E-state index in [2.05, 4.69) is 33.2 Å². The number of carbonyl (C=O) groups is 2. The van der Waals surface area contributed by atoms with Crippen LogP contribution in [0, 0.1) is 11.3 Å². The number of amides is 2. The molecule has 1 unspecified atom stereocenters. The van der Waals surface area contributed by atoms with E-state index in [-0.39, 0.29) is 18.2 Å². The molecule has 0 radical (unpaired) electrons. The zero-order valence-electron chi connectivity index (χ0n) is 21.6. The molecule has 3 aliphatic heterocycles. The molecule has 9 nitrogen and oxygen atoms in total. The number of fused-ring (bicyclic) bond motifs is 1. The fraction of sp³-hybridized carbons (Fsp3) is 0.500. The largest absolute Gasteiger partial charge is 0.478 e. The van der Waals surface area contributed by atoms with Crippen LogP contribution in [0.5, 0.6) is 5.88 Å². The number of hydrogen-bond donors (Lipinski definition) is 1. The minimum Gasteiger partial charge on any atom is -0.478 e. The number of piperazine rings is 1. The Labute approximate surface area is 218 Å². The summed E-state index contributed by atoms with van der Waals surface area (Å²) in [5, 5.41) is 12.5. The Kier molecular flexibility index (Phi) is 7.13. The number of nitrogens with one attached hydrogen (secondary N) is 1. The first-order valence-corrected chi connectivity index (χ1v) is 13.1. The Hall–Kier alpha value is -3.48. The van der Waals surface area contributed by atoms with E-state index in [4.69, 9.17) is 4.74 Å². The van der Waals surface area contributed by atoms with Gasteiger partial charge in [0.05, 0.1) is 18.2 Å². The number of likely N-dealkylation sites (tertiary alicyclic amines) is 1. The van der Waals surface area contributed by atoms with Crippen molar-refractivity contribution in [2.24, 2.45) is 0 Å². The number of carbonyl (C=O) groups excluding carboxylic acids is 2. The number of ether oxygens (including phenoxy) is 1. The van der Waals surface area contributed by atoms with Crippen molar-refractivity contribution in [3.8, 4) is 11.9 Å². The molecule has 1 atom stereocenters. The second-order valence-corrected chi connectivity index (χ2v) is 10.1. The number of aromatic nitrogens is 1. The van der Waals surface area contributed by atoms with Gasteiger partial charge in [0.15, 0.2) is 0 Å². The number of piperidine rings is 1. The van der Waals surface area contributed by atoms with Crippen molar-refractivity contribution in [1.82, 2.24) is 19.7 Å². The summed E-state index contributed by atoms with van der Waals surface area (Å²) in [7, 11) is 2.16. The summed E-state index contributed by atoms with van der Waals surface area (Å²) in [5.74, 6) is -0.0439. The lowest BCUT2D eigenvalue weighted by Gasteiger charge is -2.42. The fourth-order valence-electron chi connectivity index (χ4n) is 5.94. The molecule has 0 aliphatic carbocycles. The highest BCUT2D eigenvalue weighted by molar-refractivity contribution is 6.11. The Morgan fingerprint density at radius 2 is 1.92 bits per heavy atom. The summed E-state index contributed by atoms with van der Waals surface area (Å²) < 4.78 is 5.82. The molecule has 2 amide bonds. The van der Waals surface area contributed by atoms with E-state index in [9.17, 15) is 14.9 Å². The number of anilines is 1. The van der Waals surface area contributed by atoms with Gasteiger partial charge < -0.3 is 19.9 Å². The zero-order valence-corrected chi connectivity index (χ0v) is 21.6. The predicted molar refractivity (Wildman–Crippen MR) is 139 cm³/mol. The van der Waals surface area contributed by atoms with E-state index >= 15 is 0 Å². The van der Waals surface area contributed by atoms with E-state index in [1.807, 2.05) is 11.8 Å². The van der Waals surface area contributed by atoms with Crippen LogP contribution in [0.3, 0.4) is 0 Å². The van der Waals surface area contributed by atoms with Gasteiger partial charge in [-0.2, -0.15) is 5.26 Å². The van der Waals surface area contributed by atoms with E-state index in [1.165, 1.54) is 0 Å². The van der Waals surface area contributed by atoms with Crippen LogP contribution >= 0.6 is 0 Å². The number of nitriles is 1. The van der Waals surface area contributed by atoms with Crippen LogP contribution in [0.15, 0.2) is 36.5 Å². The summed E-state index contributed by atoms with van der Waals surface area (Å²) in [5.41, 5.74) is 0.876. The Morgan fingerprint density at radius 3 is 2.62 bits per heavy atom. The zero-order chi connectivity index (χ0) is 26.0. The second-order valence-electron chi connectivity index (χ2n) is 10.1. The average molecular weight is 503 g/mol. The molecule has 1 aromatic carbocycles. The number of hydrogen-bond acceptors (Lipinski definition) is 7. The lowest BCUT2D eigenvalue weighted by molar-refractivity contribution is -0.136. The summed E-state index contributed by atoms with van der Waals surface area (Å²) in [4.78, 5) is 38.8. The van der Waals surface area contributed by atoms with Crippen LogP contribution in [0.25, 0.3) is 0 Å². The first kappa shape index (κ1) is 25.2. The van der Waals surface area contributed by atoms with Crippen molar-refractivity contribution in [2.45, 2.75) is 37.6 Å². The standard InChI is InChI=1S/C28H34N6O3/c1-3-37-26-22(5-4-10-30-26)28(23-17-20(19-29)6-7-24(23)31-27(28)36)18-25(35)34-11-8-21(9-12-34)33-15-13-32(2)14-16-33/h4-7,10,17,21H,3,8-9,11-16,18H2,1-2H3,(H,31,36). The van der Waals surface area contributed by atoms with Gasteiger partial charge in [0.25, 0.3) is 0 Å². The van der Waals surface area contributed by atoms with Gasteiger partial charge in [-0.15, -0.1) is 0 Å². The van der Waals surface area contributed by atoms with Crippen LogP contribution in [0.4, 0.5) is 5.69 Å². The molecule has 5 rings (SSSR count). The third-order valence-corrected chi connectivity index (χ3v) is 8.04. The number of pyridine rings is 1. The molecule has 9 heteroatoms. The number of nitrogens with zero attached hydrogens (tertiary/aromatic N) is 5. The average Bonchev–Trinajstić information content (AvgIpc) is 3.20. The summed E-state index contributed by atoms with van der Waals surface area (Å²) in [6, 6.07) is 11.3. The van der Waals surface area contributed by atoms with Gasteiger partial charge >= 0.3 is 0 Å². The predicted octanol–water partition coefficient (Wildman–Crippen LogP) is 2.22. The molecule has 2 saturated heterocycles. The lowest BCUT2D eigenvalue weighted by Crippen LogP contribution is -2.53. The minimum absolute atomic E-state index is 0.0499. The molecule has 0 saturated carbocycles. The minimum atomic E-state index is -1.33. The normalized spacial score (nSPS) is 22.8. The van der Waals surface area contributed by atoms with Crippen LogP contribution in [-0.4, -0.2) is 90.5 Å². The van der Waals surface area contributed by atoms with Crippen LogP contribution in [-0.2, 0) is 15.0 Å². The molecular weight excluding hydrogens is 468 g/mol. The molecular formula is C28H34N6O3. The van der Waals surface area contributed by atoms with Crippen molar-refractivity contribution in [3.05, 3.63) is 53.2 Å². The van der Waals surface area contributed by atoms with E-state index < -0.39 is 5.41 Å². The topological polar surface area (TPSA) is 102 Å². The highest BCUT2D eigenvalue weighted by atomic mass is 16.5. The van der Waals surface area contributed by atoms with Gasteiger partial charge in [0.1, 0.15) is 5.41 Å². The van der Waals surface area contributed by atoms with Gasteiger partial charge in [0, 0.05) is 69.2 Å². The first-order chi connectivity index (χ1) is 18.0. The molecule has 194 valence electrons. The van der Waals surface area contributed by atoms with Crippen LogP contribution in [0.2, 0.25) is 0 Å². The lowest BCUT2D eigenvalue weighted by atomic mass is 9.72. The van der Waals surface area contributed by atoms with Crippen molar-refractivity contribution < 1.29 is 14.3 Å². The molecule has 3 aliphatic rings. The fourth-order valence-corrected chi connectivity index (χ4v) is 5.94. The van der Waals surface area contributed by atoms with Gasteiger partial charge in [-0.05, 0) is 56.6 Å². The van der Waals surface area contributed by atoms with Crippen molar-refractivity contribution in [2.75, 3.05) is 58.2 Å². The smallest absolute Gasteiger partial charge is 0.240 e. The Morgan fingerprint density at radius 1 is 1.16 bits per heavy atom. The highest BCUT2D eigenvalue weighted by Gasteiger charge is 2.52. The van der Waals surface area contributed by atoms with Gasteiger partial charge in [0.2, 0.25) is 17.7 Å². The molecule has 0 spiro atoms. The van der Waals surface area contributed by atoms with Gasteiger partial charge in [-0.1, -0.05) is 6.07 Å². The molecule has 0 bridgehead atoms. The first-order valence-electron chi connectivity index (χ1n) is 13.1. The number of rotatable bonds is 6. The van der Waals surface area contributed by atoms with E-state index in [0.717, 1.165) is 39.0 Å². The molecule has 2 fully saturated rings. The number of benzene rings is 1. The van der Waals surface area contributed by atoms with Crippen molar-refractivity contribution in [1.29, 1.82) is 5.26 Å². The van der Waals surface area contributed by atoms with Crippen molar-refractivity contribution in [3.63, 3.8) is 0 Å². The molecule has 1 N–H and O–H groups in total. The highest BCUT2D eigenvalue weighted by Crippen LogP contribution is 2.48. The maximum absolute atomic E-state index is 13.8. The maximum atomic E-state index is 13.8. The summed E-state index contributed by atoms with van der Waals surface area (Å²) >= 11 is 0. The molecule has 37 heavy (non-hydrogen) atoms. The molecule has 4 heterocycles. The quantitative estimate of drug-likeness (QED) is 0.646. The SMILES string of the molecule is CCOc1ncccc1C1(CC(=O)N2CCC(N3CCN(C)CC3)CC2)C(=O)Nc2ccc(C#N)cc21. The van der Waals surface area contributed by atoms with E-state index in [0.29, 0.717) is 54.0 Å². The summed E-state index contributed by atoms with van der Waals surface area (Å²) in [6.07, 6.45) is 3.43. The monoisotopic (exact) mass is 502 g/mol. The van der Waals surface area contributed by atoms with Crippen LogP contribution in [0.1, 0.15) is 42.9 Å². The van der Waals surface area contributed by atoms with Crippen molar-refractivity contribution >= 4 is 17.5 Å². The summed E-state index contributed by atoms with van der Waals surface area (Å²) in [6.45, 7) is 7.86. The third-order valence-electron chi connectivity index (χ3n) is 8.04. The van der Waals surface area contributed by atoms with E-state index in [1.54, 1.807) is 36.5 Å². The van der Waals surface area contributed by atoms with Crippen LogP contribution < -0.4 is 10.1 Å². The van der Waals surface area contributed by atoms with Gasteiger partial charge in [-0.3, -0.25) is 14.5 Å². The van der Waals surface area contributed by atoms with Gasteiger partial charge in [-0.25, -0.2) is 4.98 Å². The maximum Gasteiger partial charge on any atom is 0.240 e. The number of likely N-dealkylation sites (N-methyl/N-ethyl adjacent to an activating group) is 1. The Bertz CT molecular complexity index is 1210. The second kappa shape index (κ2) is 10.5. The molecule has 2 aromatic rings. The molecule has 1 aromatic heterocycles. The Balaban J connectivity index is 1.43.